The molecule has 0 aliphatic carbocycles. The van der Waals surface area contributed by atoms with Gasteiger partial charge in [-0.2, -0.15) is 13.9 Å². The molecular weight excluding hydrogens is 302 g/mol. The summed E-state index contributed by atoms with van der Waals surface area (Å²) in [6.45, 7) is 0.596. The highest BCUT2D eigenvalue weighted by Gasteiger charge is 2.11. The lowest BCUT2D eigenvalue weighted by atomic mass is 10.1. The Morgan fingerprint density at radius 3 is 2.43 bits per heavy atom. The summed E-state index contributed by atoms with van der Waals surface area (Å²) < 4.78 is 29.2. The Hall–Kier alpha value is -2.76. The summed E-state index contributed by atoms with van der Waals surface area (Å²) in [4.78, 5) is 12.0. The van der Waals surface area contributed by atoms with Gasteiger partial charge in [-0.15, -0.1) is 0 Å². The molecule has 0 aromatic heterocycles. The molecule has 0 saturated carbocycles. The minimum atomic E-state index is -2.92. The van der Waals surface area contributed by atoms with Crippen LogP contribution in [0.1, 0.15) is 28.4 Å². The Bertz CT molecular complexity index is 713. The molecule has 0 atom stereocenters. The van der Waals surface area contributed by atoms with E-state index in [0.29, 0.717) is 16.8 Å². The number of ether oxygens (including phenoxy) is 1. The van der Waals surface area contributed by atoms with Crippen molar-refractivity contribution in [3.05, 3.63) is 65.2 Å². The highest BCUT2D eigenvalue weighted by Crippen LogP contribution is 2.20. The van der Waals surface area contributed by atoms with E-state index in [9.17, 15) is 13.6 Å². The van der Waals surface area contributed by atoms with Gasteiger partial charge in [0.15, 0.2) is 0 Å². The van der Waals surface area contributed by atoms with Crippen LogP contribution in [0.25, 0.3) is 0 Å². The van der Waals surface area contributed by atoms with Gasteiger partial charge in [0.25, 0.3) is 5.91 Å². The molecule has 0 spiro atoms. The zero-order chi connectivity index (χ0) is 16.8. The maximum absolute atomic E-state index is 12.4. The second kappa shape index (κ2) is 7.49. The lowest BCUT2D eigenvalue weighted by Crippen LogP contribution is -2.19. The van der Waals surface area contributed by atoms with Crippen molar-refractivity contribution in [1.82, 2.24) is 5.43 Å². The third-order valence-corrected chi connectivity index (χ3v) is 3.13. The molecule has 2 aromatic rings. The highest BCUT2D eigenvalue weighted by atomic mass is 19.3. The van der Waals surface area contributed by atoms with E-state index in [2.05, 4.69) is 15.3 Å². The predicted molar refractivity (Wildman–Crippen MR) is 83.9 cm³/mol. The second-order valence-electron chi connectivity index (χ2n) is 4.88. The molecule has 1 amide bonds. The van der Waals surface area contributed by atoms with E-state index in [1.165, 1.54) is 6.07 Å². The number of benzene rings is 2. The summed E-state index contributed by atoms with van der Waals surface area (Å²) in [6, 6.07) is 13.3. The SMILES string of the molecule is C/C(=N/NC(=O)c1ccc(C)cc1)c1ccccc1OC(F)F. The topological polar surface area (TPSA) is 50.7 Å². The zero-order valence-corrected chi connectivity index (χ0v) is 12.7. The number of aryl methyl sites for hydroxylation is 1. The molecule has 1 N–H and O–H groups in total. The minimum absolute atomic E-state index is 0.00772. The van der Waals surface area contributed by atoms with Gasteiger partial charge in [-0.1, -0.05) is 29.8 Å². The number of nitrogens with zero attached hydrogens (tertiary/aromatic N) is 1. The Labute approximate surface area is 132 Å². The van der Waals surface area contributed by atoms with Gasteiger partial charge in [0.1, 0.15) is 5.75 Å². The maximum atomic E-state index is 12.4. The summed E-state index contributed by atoms with van der Waals surface area (Å²) in [5, 5.41) is 3.95. The number of amides is 1. The van der Waals surface area contributed by atoms with Gasteiger partial charge in [0, 0.05) is 11.1 Å². The molecule has 0 fully saturated rings. The third-order valence-electron chi connectivity index (χ3n) is 3.13. The number of carbonyl (C=O) groups excluding carboxylic acids is 1. The summed E-state index contributed by atoms with van der Waals surface area (Å²) in [6.07, 6.45) is 0. The fraction of sp³-hybridized carbons (Fsp3) is 0.176. The molecule has 0 saturated heterocycles. The smallest absolute Gasteiger partial charge is 0.387 e. The van der Waals surface area contributed by atoms with Gasteiger partial charge in [0.05, 0.1) is 5.71 Å². The van der Waals surface area contributed by atoms with Gasteiger partial charge < -0.3 is 4.74 Å². The van der Waals surface area contributed by atoms with E-state index in [1.54, 1.807) is 37.3 Å². The van der Waals surface area contributed by atoms with Crippen LogP contribution in [0.5, 0.6) is 5.75 Å². The average Bonchev–Trinajstić information content (AvgIpc) is 2.53. The lowest BCUT2D eigenvalue weighted by Gasteiger charge is -2.10. The van der Waals surface area contributed by atoms with Crippen molar-refractivity contribution in [3.8, 4) is 5.75 Å². The van der Waals surface area contributed by atoms with Crippen LogP contribution in [0.4, 0.5) is 8.78 Å². The van der Waals surface area contributed by atoms with Crippen LogP contribution in [-0.2, 0) is 0 Å². The van der Waals surface area contributed by atoms with Gasteiger partial charge in [-0.05, 0) is 38.1 Å². The first-order valence-corrected chi connectivity index (χ1v) is 6.93. The number of alkyl halides is 2. The van der Waals surface area contributed by atoms with Gasteiger partial charge in [0.2, 0.25) is 0 Å². The average molecular weight is 318 g/mol. The van der Waals surface area contributed by atoms with Gasteiger partial charge in [-0.3, -0.25) is 4.79 Å². The van der Waals surface area contributed by atoms with Gasteiger partial charge >= 0.3 is 6.61 Å². The summed E-state index contributed by atoms with van der Waals surface area (Å²) >= 11 is 0. The van der Waals surface area contributed by atoms with E-state index in [-0.39, 0.29) is 11.7 Å². The predicted octanol–water partition coefficient (Wildman–Crippen LogP) is 3.75. The van der Waals surface area contributed by atoms with Crippen LogP contribution in [-0.4, -0.2) is 18.2 Å². The van der Waals surface area contributed by atoms with Crippen molar-refractivity contribution in [3.63, 3.8) is 0 Å². The first-order valence-electron chi connectivity index (χ1n) is 6.93. The fourth-order valence-electron chi connectivity index (χ4n) is 1.93. The summed E-state index contributed by atoms with van der Waals surface area (Å²) in [5.74, 6) is -0.370. The van der Waals surface area contributed by atoms with Crippen LogP contribution < -0.4 is 10.2 Å². The highest BCUT2D eigenvalue weighted by molar-refractivity contribution is 6.02. The van der Waals surface area contributed by atoms with E-state index in [0.717, 1.165) is 5.56 Å². The first kappa shape index (κ1) is 16.6. The second-order valence-corrected chi connectivity index (χ2v) is 4.88. The third kappa shape index (κ3) is 4.60. The Morgan fingerprint density at radius 1 is 1.13 bits per heavy atom. The number of hydrogen-bond donors (Lipinski definition) is 1. The van der Waals surface area contributed by atoms with Crippen molar-refractivity contribution in [2.24, 2.45) is 5.10 Å². The van der Waals surface area contributed by atoms with Crippen molar-refractivity contribution in [2.45, 2.75) is 20.5 Å². The zero-order valence-electron chi connectivity index (χ0n) is 12.7. The van der Waals surface area contributed by atoms with Crippen LogP contribution in [0.2, 0.25) is 0 Å². The molecule has 120 valence electrons. The number of hydrogen-bond acceptors (Lipinski definition) is 3. The molecule has 0 heterocycles. The molecule has 4 nitrogen and oxygen atoms in total. The van der Waals surface area contributed by atoms with Crippen LogP contribution in [0.3, 0.4) is 0 Å². The van der Waals surface area contributed by atoms with Crippen LogP contribution >= 0.6 is 0 Å². The molecule has 2 rings (SSSR count). The molecule has 0 aliphatic heterocycles. The molecule has 2 aromatic carbocycles. The van der Waals surface area contributed by atoms with E-state index < -0.39 is 6.61 Å². The quantitative estimate of drug-likeness (QED) is 0.674. The van der Waals surface area contributed by atoms with Crippen LogP contribution in [0, 0.1) is 6.92 Å². The van der Waals surface area contributed by atoms with Crippen molar-refractivity contribution >= 4 is 11.6 Å². The van der Waals surface area contributed by atoms with E-state index in [4.69, 9.17) is 0 Å². The standard InChI is InChI=1S/C17H16F2N2O2/c1-11-7-9-13(10-8-11)16(22)21-20-12(2)14-5-3-4-6-15(14)23-17(18)19/h3-10,17H,1-2H3,(H,21,22)/b20-12-. The van der Waals surface area contributed by atoms with Crippen LogP contribution in [0.15, 0.2) is 53.6 Å². The van der Waals surface area contributed by atoms with E-state index in [1.807, 2.05) is 19.1 Å². The lowest BCUT2D eigenvalue weighted by molar-refractivity contribution is -0.0499. The Kier molecular flexibility index (Phi) is 5.41. The first-order chi connectivity index (χ1) is 11.0. The molecule has 0 unspecified atom stereocenters. The fourth-order valence-corrected chi connectivity index (χ4v) is 1.93. The van der Waals surface area contributed by atoms with E-state index >= 15 is 0 Å². The Balaban J connectivity index is 2.14. The number of nitrogens with one attached hydrogen (secondary N) is 1. The van der Waals surface area contributed by atoms with Crippen molar-refractivity contribution < 1.29 is 18.3 Å². The monoisotopic (exact) mass is 318 g/mol. The molecule has 0 bridgehead atoms. The van der Waals surface area contributed by atoms with Crippen molar-refractivity contribution in [2.75, 3.05) is 0 Å². The number of rotatable bonds is 5. The molecule has 23 heavy (non-hydrogen) atoms. The maximum Gasteiger partial charge on any atom is 0.387 e. The summed E-state index contributed by atoms with van der Waals surface area (Å²) in [5.41, 5.74) is 4.66. The number of carbonyl (C=O) groups is 1. The molecule has 0 radical (unpaired) electrons. The largest absolute Gasteiger partial charge is 0.434 e. The minimum Gasteiger partial charge on any atom is -0.434 e. The number of hydrazone groups is 1. The normalized spacial score (nSPS) is 11.4. The molecule has 6 heteroatoms. The van der Waals surface area contributed by atoms with Gasteiger partial charge in [-0.25, -0.2) is 5.43 Å². The summed E-state index contributed by atoms with van der Waals surface area (Å²) in [7, 11) is 0. The number of halogens is 2. The number of para-hydroxylation sites is 1. The Morgan fingerprint density at radius 2 is 1.78 bits per heavy atom. The molecular formula is C17H16F2N2O2. The molecule has 0 aliphatic rings. The van der Waals surface area contributed by atoms with Crippen molar-refractivity contribution in [1.29, 1.82) is 0 Å².